The van der Waals surface area contributed by atoms with Crippen molar-refractivity contribution in [2.24, 2.45) is 0 Å². The van der Waals surface area contributed by atoms with Crippen molar-refractivity contribution in [3.63, 3.8) is 0 Å². The molecule has 30 heavy (non-hydrogen) atoms. The van der Waals surface area contributed by atoms with Gasteiger partial charge in [-0.2, -0.15) is 0 Å². The molecule has 1 atom stereocenters. The van der Waals surface area contributed by atoms with E-state index in [1.165, 1.54) is 22.3 Å². The molecule has 2 aromatic carbocycles. The minimum atomic E-state index is -0.979. The Labute approximate surface area is 174 Å². The maximum atomic E-state index is 14.8. The molecule has 3 heterocycles. The van der Waals surface area contributed by atoms with Gasteiger partial charge in [0.05, 0.1) is 10.9 Å². The third-order valence-corrected chi connectivity index (χ3v) is 6.26. The monoisotopic (exact) mass is 421 g/mol. The first-order chi connectivity index (χ1) is 14.5. The summed E-state index contributed by atoms with van der Waals surface area (Å²) in [4.78, 5) is 28.1. The molecular formula is C22H16FN3O3S. The molecule has 0 fully saturated rings. The van der Waals surface area contributed by atoms with Gasteiger partial charge in [-0.1, -0.05) is 48.1 Å². The quantitative estimate of drug-likeness (QED) is 0.490. The van der Waals surface area contributed by atoms with E-state index in [2.05, 4.69) is 10.2 Å². The maximum absolute atomic E-state index is 14.8. The molecule has 2 aromatic heterocycles. The van der Waals surface area contributed by atoms with E-state index in [1.54, 1.807) is 30.3 Å². The van der Waals surface area contributed by atoms with E-state index < -0.39 is 17.8 Å². The second kappa shape index (κ2) is 6.84. The Morgan fingerprint density at radius 1 is 1.17 bits per heavy atom. The summed E-state index contributed by atoms with van der Waals surface area (Å²) in [5, 5.41) is 9.61. The first-order valence-electron chi connectivity index (χ1n) is 9.47. The van der Waals surface area contributed by atoms with Crippen LogP contribution in [0.25, 0.3) is 11.0 Å². The fraction of sp³-hybridized carbons (Fsp3) is 0.182. The van der Waals surface area contributed by atoms with Crippen LogP contribution in [-0.4, -0.2) is 16.1 Å². The van der Waals surface area contributed by atoms with Crippen molar-refractivity contribution in [1.29, 1.82) is 0 Å². The predicted octanol–water partition coefficient (Wildman–Crippen LogP) is 4.40. The smallest absolute Gasteiger partial charge is 0.297 e. The number of carbonyl (C=O) groups excluding carboxylic acids is 1. The number of aryl methyl sites for hydroxylation is 2. The van der Waals surface area contributed by atoms with Gasteiger partial charge in [0.25, 0.3) is 5.91 Å². The third kappa shape index (κ3) is 2.68. The van der Waals surface area contributed by atoms with Gasteiger partial charge in [-0.05, 0) is 31.5 Å². The van der Waals surface area contributed by atoms with Crippen LogP contribution in [0.4, 0.5) is 9.52 Å². The SMILES string of the molecule is CCc1nnc(N2C(=O)c3oc4ccc(C)cc4c(=O)c3C2c2ccccc2F)s1. The maximum Gasteiger partial charge on any atom is 0.297 e. The molecule has 6 nitrogen and oxygen atoms in total. The number of fused-ring (bicyclic) bond motifs is 2. The topological polar surface area (TPSA) is 76.3 Å². The standard InChI is InChI=1S/C22H16FN3O3S/c1-3-16-24-25-22(30-16)26-18(12-6-4-5-7-14(12)23)17-19(27)13-10-11(2)8-9-15(13)29-20(17)21(26)28/h4-10,18H,3H2,1-2H3. The number of rotatable bonds is 3. The van der Waals surface area contributed by atoms with Crippen LogP contribution in [0.1, 0.15) is 45.2 Å². The molecule has 0 radical (unpaired) electrons. The number of nitrogens with zero attached hydrogens (tertiary/aromatic N) is 3. The minimum Gasteiger partial charge on any atom is -0.450 e. The molecule has 1 aliphatic heterocycles. The summed E-state index contributed by atoms with van der Waals surface area (Å²) in [5.41, 5.74) is 1.18. The second-order valence-corrected chi connectivity index (χ2v) is 8.15. The Morgan fingerprint density at radius 2 is 1.97 bits per heavy atom. The molecule has 0 spiro atoms. The molecule has 0 saturated carbocycles. The summed E-state index contributed by atoms with van der Waals surface area (Å²) in [6, 6.07) is 10.3. The average Bonchev–Trinajstić information content (AvgIpc) is 3.32. The van der Waals surface area contributed by atoms with Crippen molar-refractivity contribution in [1.82, 2.24) is 10.2 Å². The molecule has 1 aliphatic rings. The third-order valence-electron chi connectivity index (χ3n) is 5.19. The molecule has 0 aliphatic carbocycles. The van der Waals surface area contributed by atoms with Gasteiger partial charge in [-0.15, -0.1) is 10.2 Å². The van der Waals surface area contributed by atoms with Crippen LogP contribution in [0.5, 0.6) is 0 Å². The molecule has 5 rings (SSSR count). The van der Waals surface area contributed by atoms with E-state index in [0.717, 1.165) is 10.6 Å². The molecule has 0 bridgehead atoms. The van der Waals surface area contributed by atoms with Gasteiger partial charge in [0.1, 0.15) is 22.4 Å². The molecule has 1 unspecified atom stereocenters. The highest BCUT2D eigenvalue weighted by molar-refractivity contribution is 7.15. The summed E-state index contributed by atoms with van der Waals surface area (Å²) in [6.07, 6.45) is 0.650. The summed E-state index contributed by atoms with van der Waals surface area (Å²) < 4.78 is 20.7. The number of carbonyl (C=O) groups is 1. The lowest BCUT2D eigenvalue weighted by Gasteiger charge is -2.22. The fourth-order valence-electron chi connectivity index (χ4n) is 3.76. The Morgan fingerprint density at radius 3 is 2.70 bits per heavy atom. The van der Waals surface area contributed by atoms with E-state index in [9.17, 15) is 14.0 Å². The van der Waals surface area contributed by atoms with Gasteiger partial charge in [-0.3, -0.25) is 14.5 Å². The van der Waals surface area contributed by atoms with Gasteiger partial charge in [0.2, 0.25) is 10.9 Å². The first kappa shape index (κ1) is 18.6. The Hall–Kier alpha value is -3.39. The number of amides is 1. The van der Waals surface area contributed by atoms with Gasteiger partial charge in [-0.25, -0.2) is 4.39 Å². The van der Waals surface area contributed by atoms with Gasteiger partial charge in [0.15, 0.2) is 5.43 Å². The highest BCUT2D eigenvalue weighted by atomic mass is 32.1. The van der Waals surface area contributed by atoms with Crippen molar-refractivity contribution in [2.45, 2.75) is 26.3 Å². The summed E-state index contributed by atoms with van der Waals surface area (Å²) in [5.74, 6) is -1.13. The van der Waals surface area contributed by atoms with E-state index >= 15 is 0 Å². The molecule has 8 heteroatoms. The van der Waals surface area contributed by atoms with Crippen molar-refractivity contribution in [2.75, 3.05) is 4.90 Å². The fourth-order valence-corrected chi connectivity index (χ4v) is 4.57. The number of hydrogen-bond acceptors (Lipinski definition) is 6. The van der Waals surface area contributed by atoms with Gasteiger partial charge >= 0.3 is 0 Å². The van der Waals surface area contributed by atoms with Crippen LogP contribution in [0, 0.1) is 12.7 Å². The summed E-state index contributed by atoms with van der Waals surface area (Å²) in [7, 11) is 0. The Balaban J connectivity index is 1.83. The normalized spacial score (nSPS) is 15.8. The average molecular weight is 421 g/mol. The van der Waals surface area contributed by atoms with E-state index in [1.807, 2.05) is 19.9 Å². The van der Waals surface area contributed by atoms with Crippen LogP contribution in [0.15, 0.2) is 51.7 Å². The number of benzene rings is 2. The zero-order valence-electron chi connectivity index (χ0n) is 16.2. The highest BCUT2D eigenvalue weighted by Crippen LogP contribution is 2.42. The lowest BCUT2D eigenvalue weighted by atomic mass is 9.98. The first-order valence-corrected chi connectivity index (χ1v) is 10.3. The van der Waals surface area contributed by atoms with E-state index in [0.29, 0.717) is 22.5 Å². The molecule has 0 saturated heterocycles. The van der Waals surface area contributed by atoms with E-state index in [-0.39, 0.29) is 22.3 Å². The number of hydrogen-bond donors (Lipinski definition) is 0. The molecular weight excluding hydrogens is 405 g/mol. The van der Waals surface area contributed by atoms with Crippen molar-refractivity contribution < 1.29 is 13.6 Å². The zero-order valence-corrected chi connectivity index (χ0v) is 17.0. The molecule has 150 valence electrons. The van der Waals surface area contributed by atoms with Crippen LogP contribution in [-0.2, 0) is 6.42 Å². The number of anilines is 1. The largest absolute Gasteiger partial charge is 0.450 e. The molecule has 0 N–H and O–H groups in total. The highest BCUT2D eigenvalue weighted by Gasteiger charge is 2.46. The lowest BCUT2D eigenvalue weighted by molar-refractivity contribution is 0.0970. The lowest BCUT2D eigenvalue weighted by Crippen LogP contribution is -2.30. The predicted molar refractivity (Wildman–Crippen MR) is 112 cm³/mol. The molecule has 1 amide bonds. The number of aromatic nitrogens is 2. The van der Waals surface area contributed by atoms with Crippen molar-refractivity contribution in [3.05, 3.63) is 86.0 Å². The Kier molecular flexibility index (Phi) is 4.25. The minimum absolute atomic E-state index is 0.0853. The second-order valence-electron chi connectivity index (χ2n) is 7.10. The van der Waals surface area contributed by atoms with Gasteiger partial charge in [0, 0.05) is 5.56 Å². The van der Waals surface area contributed by atoms with Crippen LogP contribution >= 0.6 is 11.3 Å². The van der Waals surface area contributed by atoms with Gasteiger partial charge < -0.3 is 4.42 Å². The number of halogens is 1. The van der Waals surface area contributed by atoms with E-state index in [4.69, 9.17) is 4.42 Å². The zero-order chi connectivity index (χ0) is 21.0. The van der Waals surface area contributed by atoms with Crippen molar-refractivity contribution >= 4 is 33.3 Å². The Bertz CT molecular complexity index is 1380. The summed E-state index contributed by atoms with van der Waals surface area (Å²) in [6.45, 7) is 3.80. The van der Waals surface area contributed by atoms with Crippen molar-refractivity contribution in [3.8, 4) is 0 Å². The summed E-state index contributed by atoms with van der Waals surface area (Å²) >= 11 is 1.24. The van der Waals surface area contributed by atoms with Crippen LogP contribution < -0.4 is 10.3 Å². The molecule has 4 aromatic rings. The van der Waals surface area contributed by atoms with Crippen LogP contribution in [0.3, 0.4) is 0 Å². The van der Waals surface area contributed by atoms with Crippen LogP contribution in [0.2, 0.25) is 0 Å².